The van der Waals surface area contributed by atoms with Crippen LogP contribution in [0, 0.1) is 5.92 Å². The Morgan fingerprint density at radius 3 is 2.40 bits per heavy atom. The highest BCUT2D eigenvalue weighted by molar-refractivity contribution is 5.92. The second-order valence-electron chi connectivity index (χ2n) is 6.32. The van der Waals surface area contributed by atoms with Crippen LogP contribution in [0.3, 0.4) is 0 Å². The predicted octanol–water partition coefficient (Wildman–Crippen LogP) is 2.74. The monoisotopic (exact) mass is 276 g/mol. The Hall–Kier alpha value is -1.84. The Morgan fingerprint density at radius 1 is 1.20 bits per heavy atom. The number of hydrogen-bond donors (Lipinski definition) is 2. The van der Waals surface area contributed by atoms with Crippen LogP contribution in [0.5, 0.6) is 0 Å². The summed E-state index contributed by atoms with van der Waals surface area (Å²) in [5.74, 6) is -0.117. The average Bonchev–Trinajstić information content (AvgIpc) is 2.26. The lowest BCUT2D eigenvalue weighted by atomic mass is 10.1. The van der Waals surface area contributed by atoms with Crippen molar-refractivity contribution in [1.82, 2.24) is 5.32 Å². The van der Waals surface area contributed by atoms with E-state index in [-0.39, 0.29) is 23.3 Å². The van der Waals surface area contributed by atoms with E-state index in [2.05, 4.69) is 10.6 Å². The quantitative estimate of drug-likeness (QED) is 0.888. The molecular weight excluding hydrogens is 252 g/mol. The van der Waals surface area contributed by atoms with E-state index in [4.69, 9.17) is 0 Å². The molecule has 0 aliphatic rings. The van der Waals surface area contributed by atoms with Crippen LogP contribution in [0.15, 0.2) is 24.3 Å². The van der Waals surface area contributed by atoms with Crippen LogP contribution in [0.25, 0.3) is 0 Å². The van der Waals surface area contributed by atoms with Gasteiger partial charge < -0.3 is 10.6 Å². The molecule has 0 fully saturated rings. The number of carbonyl (C=O) groups excluding carboxylic acids is 2. The molecule has 20 heavy (non-hydrogen) atoms. The van der Waals surface area contributed by atoms with Crippen molar-refractivity contribution in [1.29, 1.82) is 0 Å². The van der Waals surface area contributed by atoms with Crippen LogP contribution < -0.4 is 10.6 Å². The van der Waals surface area contributed by atoms with Crippen molar-refractivity contribution in [2.45, 2.75) is 46.6 Å². The van der Waals surface area contributed by atoms with Gasteiger partial charge in [-0.05, 0) is 38.5 Å². The van der Waals surface area contributed by atoms with Crippen molar-refractivity contribution in [3.8, 4) is 0 Å². The molecule has 0 heterocycles. The minimum atomic E-state index is -0.236. The number of anilines is 1. The summed E-state index contributed by atoms with van der Waals surface area (Å²) in [6.45, 7) is 9.53. The van der Waals surface area contributed by atoms with Crippen molar-refractivity contribution in [2.75, 3.05) is 5.32 Å². The van der Waals surface area contributed by atoms with Gasteiger partial charge in [-0.25, -0.2) is 0 Å². The molecule has 110 valence electrons. The Morgan fingerprint density at radius 2 is 1.85 bits per heavy atom. The molecule has 2 N–H and O–H groups in total. The molecular formula is C16H24N2O2. The van der Waals surface area contributed by atoms with Gasteiger partial charge in [-0.3, -0.25) is 9.59 Å². The van der Waals surface area contributed by atoms with Crippen molar-refractivity contribution in [3.05, 3.63) is 29.8 Å². The normalized spacial score (nSPS) is 11.3. The van der Waals surface area contributed by atoms with Gasteiger partial charge in [0.1, 0.15) is 0 Å². The second-order valence-corrected chi connectivity index (χ2v) is 6.32. The number of benzene rings is 1. The van der Waals surface area contributed by atoms with Crippen LogP contribution >= 0.6 is 0 Å². The first kappa shape index (κ1) is 16.2. The summed E-state index contributed by atoms with van der Waals surface area (Å²) in [6.07, 6.45) is 0.308. The summed E-state index contributed by atoms with van der Waals surface area (Å²) in [7, 11) is 0. The molecule has 0 radical (unpaired) electrons. The molecule has 0 bridgehead atoms. The van der Waals surface area contributed by atoms with Gasteiger partial charge in [0.05, 0.1) is 6.42 Å². The largest absolute Gasteiger partial charge is 0.351 e. The van der Waals surface area contributed by atoms with Crippen molar-refractivity contribution in [3.63, 3.8) is 0 Å². The lowest BCUT2D eigenvalue weighted by Gasteiger charge is -2.20. The fourth-order valence-corrected chi connectivity index (χ4v) is 1.69. The highest BCUT2D eigenvalue weighted by atomic mass is 16.2. The molecule has 0 aromatic heterocycles. The van der Waals surface area contributed by atoms with E-state index in [1.165, 1.54) is 0 Å². The predicted molar refractivity (Wildman–Crippen MR) is 81.5 cm³/mol. The van der Waals surface area contributed by atoms with E-state index in [9.17, 15) is 9.59 Å². The first-order valence-electron chi connectivity index (χ1n) is 6.88. The molecule has 1 rings (SSSR count). The molecule has 0 atom stereocenters. The maximum Gasteiger partial charge on any atom is 0.226 e. The van der Waals surface area contributed by atoms with E-state index in [1.807, 2.05) is 58.9 Å². The van der Waals surface area contributed by atoms with Crippen LogP contribution in [0.1, 0.15) is 40.2 Å². The van der Waals surface area contributed by atoms with Gasteiger partial charge in [0.15, 0.2) is 0 Å². The zero-order valence-electron chi connectivity index (χ0n) is 12.9. The highest BCUT2D eigenvalue weighted by Crippen LogP contribution is 2.13. The third kappa shape index (κ3) is 5.87. The van der Waals surface area contributed by atoms with Gasteiger partial charge in [0, 0.05) is 17.1 Å². The maximum atomic E-state index is 11.9. The Labute approximate surface area is 121 Å². The number of amides is 2. The molecule has 0 saturated heterocycles. The Kier molecular flexibility index (Phi) is 5.31. The summed E-state index contributed by atoms with van der Waals surface area (Å²) in [5.41, 5.74) is 1.37. The van der Waals surface area contributed by atoms with Crippen LogP contribution in [0.4, 0.5) is 5.69 Å². The van der Waals surface area contributed by atoms with Crippen molar-refractivity contribution < 1.29 is 9.59 Å². The first-order valence-corrected chi connectivity index (χ1v) is 6.88. The van der Waals surface area contributed by atoms with E-state index in [1.54, 1.807) is 0 Å². The van der Waals surface area contributed by atoms with E-state index in [0.29, 0.717) is 6.42 Å². The van der Waals surface area contributed by atoms with Gasteiger partial charge in [0.25, 0.3) is 0 Å². The lowest BCUT2D eigenvalue weighted by molar-refractivity contribution is -0.122. The molecule has 0 aliphatic carbocycles. The van der Waals surface area contributed by atoms with Crippen molar-refractivity contribution in [2.24, 2.45) is 5.92 Å². The molecule has 4 heteroatoms. The molecule has 1 aromatic carbocycles. The summed E-state index contributed by atoms with van der Waals surface area (Å²) < 4.78 is 0. The molecule has 0 aliphatic heterocycles. The molecule has 0 spiro atoms. The molecule has 0 saturated carbocycles. The zero-order chi connectivity index (χ0) is 15.3. The summed E-state index contributed by atoms with van der Waals surface area (Å²) in [4.78, 5) is 23.5. The van der Waals surface area contributed by atoms with E-state index < -0.39 is 0 Å². The number of nitrogens with one attached hydrogen (secondary N) is 2. The standard InChI is InChI=1S/C16H24N2O2/c1-11(2)15(20)17-13-8-6-7-12(9-13)10-14(19)18-16(3,4)5/h6-9,11H,10H2,1-5H3,(H,17,20)(H,18,19). The highest BCUT2D eigenvalue weighted by Gasteiger charge is 2.14. The van der Waals surface area contributed by atoms with E-state index in [0.717, 1.165) is 11.3 Å². The third-order valence-corrected chi connectivity index (χ3v) is 2.60. The smallest absolute Gasteiger partial charge is 0.226 e. The average molecular weight is 276 g/mol. The molecule has 4 nitrogen and oxygen atoms in total. The van der Waals surface area contributed by atoms with Gasteiger partial charge in [-0.2, -0.15) is 0 Å². The third-order valence-electron chi connectivity index (χ3n) is 2.60. The van der Waals surface area contributed by atoms with Crippen LogP contribution in [-0.2, 0) is 16.0 Å². The van der Waals surface area contributed by atoms with Crippen LogP contribution in [0.2, 0.25) is 0 Å². The molecule has 1 aromatic rings. The Balaban J connectivity index is 2.69. The van der Waals surface area contributed by atoms with Gasteiger partial charge >= 0.3 is 0 Å². The van der Waals surface area contributed by atoms with Crippen LogP contribution in [-0.4, -0.2) is 17.4 Å². The SMILES string of the molecule is CC(C)C(=O)Nc1cccc(CC(=O)NC(C)(C)C)c1. The second kappa shape index (κ2) is 6.55. The molecule has 0 unspecified atom stereocenters. The zero-order valence-corrected chi connectivity index (χ0v) is 12.9. The first-order chi connectivity index (χ1) is 9.17. The van der Waals surface area contributed by atoms with Gasteiger partial charge in [-0.1, -0.05) is 26.0 Å². The van der Waals surface area contributed by atoms with E-state index >= 15 is 0 Å². The summed E-state index contributed by atoms with van der Waals surface area (Å²) >= 11 is 0. The minimum absolute atomic E-state index is 0.0233. The summed E-state index contributed by atoms with van der Waals surface area (Å²) in [5, 5.41) is 5.75. The fourth-order valence-electron chi connectivity index (χ4n) is 1.69. The lowest BCUT2D eigenvalue weighted by Crippen LogP contribution is -2.41. The molecule has 2 amide bonds. The number of carbonyl (C=O) groups is 2. The maximum absolute atomic E-state index is 11.9. The number of hydrogen-bond acceptors (Lipinski definition) is 2. The minimum Gasteiger partial charge on any atom is -0.351 e. The van der Waals surface area contributed by atoms with Gasteiger partial charge in [0.2, 0.25) is 11.8 Å². The summed E-state index contributed by atoms with van der Waals surface area (Å²) in [6, 6.07) is 7.39. The fraction of sp³-hybridized carbons (Fsp3) is 0.500. The number of rotatable bonds is 4. The van der Waals surface area contributed by atoms with Gasteiger partial charge in [-0.15, -0.1) is 0 Å². The topological polar surface area (TPSA) is 58.2 Å². The van der Waals surface area contributed by atoms with Crippen molar-refractivity contribution >= 4 is 17.5 Å². The Bertz CT molecular complexity index is 487.